The molecule has 2 rings (SSSR count). The quantitative estimate of drug-likeness (QED) is 0.867. The number of carboxylic acid groups (broad SMARTS) is 1. The van der Waals surface area contributed by atoms with Crippen LogP contribution >= 0.6 is 23.2 Å². The summed E-state index contributed by atoms with van der Waals surface area (Å²) in [6, 6.07) is 12.3. The Morgan fingerprint density at radius 3 is 2.28 bits per heavy atom. The molecule has 0 spiro atoms. The van der Waals surface area contributed by atoms with Crippen molar-refractivity contribution in [3.8, 4) is 11.1 Å². The fraction of sp³-hybridized carbons (Fsp3) is 0.0714. The molecule has 0 saturated heterocycles. The van der Waals surface area contributed by atoms with Crippen molar-refractivity contribution >= 4 is 29.2 Å². The second-order valence-corrected chi connectivity index (χ2v) is 4.74. The third kappa shape index (κ3) is 3.03. The topological polar surface area (TPSA) is 40.1 Å². The maximum Gasteiger partial charge on any atom is 0.0458 e. The van der Waals surface area contributed by atoms with E-state index in [2.05, 4.69) is 0 Å². The number of halogens is 2. The van der Waals surface area contributed by atoms with Crippen LogP contribution in [0.1, 0.15) is 5.56 Å². The Balaban J connectivity index is 2.52. The van der Waals surface area contributed by atoms with Gasteiger partial charge in [0.15, 0.2) is 0 Å². The number of carbonyl (C=O) groups is 1. The Morgan fingerprint density at radius 1 is 1.06 bits per heavy atom. The zero-order valence-electron chi connectivity index (χ0n) is 9.32. The van der Waals surface area contributed by atoms with Crippen LogP contribution in [0.25, 0.3) is 11.1 Å². The van der Waals surface area contributed by atoms with E-state index in [0.717, 1.165) is 11.1 Å². The van der Waals surface area contributed by atoms with Crippen molar-refractivity contribution in [2.24, 2.45) is 0 Å². The van der Waals surface area contributed by atoms with Crippen molar-refractivity contribution in [2.45, 2.75) is 6.42 Å². The van der Waals surface area contributed by atoms with Crippen LogP contribution in [0.3, 0.4) is 0 Å². The van der Waals surface area contributed by atoms with E-state index in [1.54, 1.807) is 30.3 Å². The molecule has 0 radical (unpaired) electrons. The summed E-state index contributed by atoms with van der Waals surface area (Å²) in [6.45, 7) is 0. The summed E-state index contributed by atoms with van der Waals surface area (Å²) in [6.07, 6.45) is -0.139. The first-order valence-electron chi connectivity index (χ1n) is 5.30. The largest absolute Gasteiger partial charge is 0.550 e. The standard InChI is InChI=1S/C14H10Cl2O2/c15-11-5-10(6-12(16)8-11)13-4-2-1-3-9(13)7-14(17)18/h1-6,8H,7H2,(H,17,18)/p-1. The van der Waals surface area contributed by atoms with E-state index < -0.39 is 5.97 Å². The minimum absolute atomic E-state index is 0.139. The van der Waals surface area contributed by atoms with Gasteiger partial charge in [0.1, 0.15) is 0 Å². The van der Waals surface area contributed by atoms with E-state index in [4.69, 9.17) is 23.2 Å². The molecule has 0 aliphatic carbocycles. The Hall–Kier alpha value is -1.51. The highest BCUT2D eigenvalue weighted by Crippen LogP contribution is 2.29. The number of carboxylic acids is 1. The van der Waals surface area contributed by atoms with Crippen LogP contribution in [0.4, 0.5) is 0 Å². The predicted octanol–water partition coefficient (Wildman–Crippen LogP) is 2.95. The highest BCUT2D eigenvalue weighted by molar-refractivity contribution is 6.35. The second-order valence-electron chi connectivity index (χ2n) is 3.86. The van der Waals surface area contributed by atoms with Gasteiger partial charge in [-0.3, -0.25) is 0 Å². The third-order valence-corrected chi connectivity index (χ3v) is 2.96. The average Bonchev–Trinajstić information content (AvgIpc) is 2.27. The van der Waals surface area contributed by atoms with Gasteiger partial charge in [0, 0.05) is 22.4 Å². The van der Waals surface area contributed by atoms with E-state index in [0.29, 0.717) is 15.6 Å². The van der Waals surface area contributed by atoms with Crippen molar-refractivity contribution < 1.29 is 9.90 Å². The Labute approximate surface area is 115 Å². The van der Waals surface area contributed by atoms with E-state index >= 15 is 0 Å². The first-order valence-corrected chi connectivity index (χ1v) is 6.06. The van der Waals surface area contributed by atoms with Gasteiger partial charge < -0.3 is 9.90 Å². The van der Waals surface area contributed by atoms with Crippen LogP contribution in [0.5, 0.6) is 0 Å². The van der Waals surface area contributed by atoms with Crippen LogP contribution in [0.15, 0.2) is 42.5 Å². The van der Waals surface area contributed by atoms with Gasteiger partial charge in [-0.2, -0.15) is 0 Å². The summed E-state index contributed by atoms with van der Waals surface area (Å²) in [5.41, 5.74) is 2.27. The van der Waals surface area contributed by atoms with Gasteiger partial charge in [-0.05, 0) is 34.9 Å². The molecule has 0 aliphatic heterocycles. The van der Waals surface area contributed by atoms with Crippen LogP contribution in [-0.4, -0.2) is 5.97 Å². The molecule has 92 valence electrons. The number of rotatable bonds is 3. The Morgan fingerprint density at radius 2 is 1.67 bits per heavy atom. The summed E-state index contributed by atoms with van der Waals surface area (Å²) in [7, 11) is 0. The average molecular weight is 280 g/mol. The molecule has 0 saturated carbocycles. The molecule has 0 aliphatic rings. The van der Waals surface area contributed by atoms with Gasteiger partial charge >= 0.3 is 0 Å². The minimum atomic E-state index is -1.12. The first-order chi connectivity index (χ1) is 8.56. The molecule has 0 unspecified atom stereocenters. The maximum absolute atomic E-state index is 10.7. The first kappa shape index (κ1) is 12.9. The van der Waals surface area contributed by atoms with Gasteiger partial charge in [0.05, 0.1) is 0 Å². The van der Waals surface area contributed by atoms with E-state index in [1.807, 2.05) is 12.1 Å². The Kier molecular flexibility index (Phi) is 3.90. The van der Waals surface area contributed by atoms with E-state index in [1.165, 1.54) is 0 Å². The SMILES string of the molecule is O=C([O-])Cc1ccccc1-c1cc(Cl)cc(Cl)c1. The molecular formula is C14H9Cl2O2-. The predicted molar refractivity (Wildman–Crippen MR) is 70.6 cm³/mol. The van der Waals surface area contributed by atoms with Crippen molar-refractivity contribution in [3.05, 3.63) is 58.1 Å². The third-order valence-electron chi connectivity index (χ3n) is 2.53. The summed E-state index contributed by atoms with van der Waals surface area (Å²) in [5, 5.41) is 11.8. The monoisotopic (exact) mass is 279 g/mol. The maximum atomic E-state index is 10.7. The number of aliphatic carboxylic acids is 1. The number of hydrogen-bond acceptors (Lipinski definition) is 2. The molecule has 0 heterocycles. The molecule has 2 nitrogen and oxygen atoms in total. The van der Waals surface area contributed by atoms with Crippen LogP contribution in [0, 0.1) is 0 Å². The molecule has 18 heavy (non-hydrogen) atoms. The normalized spacial score (nSPS) is 10.3. The summed E-state index contributed by atoms with van der Waals surface area (Å²) < 4.78 is 0. The van der Waals surface area contributed by atoms with Gasteiger partial charge in [-0.15, -0.1) is 0 Å². The van der Waals surface area contributed by atoms with Crippen molar-refractivity contribution in [1.82, 2.24) is 0 Å². The van der Waals surface area contributed by atoms with Gasteiger partial charge in [-0.25, -0.2) is 0 Å². The lowest BCUT2D eigenvalue weighted by atomic mass is 9.98. The van der Waals surface area contributed by atoms with Crippen LogP contribution in [-0.2, 0) is 11.2 Å². The highest BCUT2D eigenvalue weighted by Gasteiger charge is 2.06. The van der Waals surface area contributed by atoms with Gasteiger partial charge in [0.2, 0.25) is 0 Å². The molecule has 2 aromatic carbocycles. The molecule has 0 aromatic heterocycles. The summed E-state index contributed by atoms with van der Waals surface area (Å²) >= 11 is 11.9. The molecule has 0 atom stereocenters. The summed E-state index contributed by atoms with van der Waals surface area (Å²) in [4.78, 5) is 10.7. The second kappa shape index (κ2) is 5.42. The van der Waals surface area contributed by atoms with Crippen molar-refractivity contribution in [3.63, 3.8) is 0 Å². The fourth-order valence-electron chi connectivity index (χ4n) is 1.82. The van der Waals surface area contributed by atoms with E-state index in [-0.39, 0.29) is 6.42 Å². The summed E-state index contributed by atoms with van der Waals surface area (Å²) in [5.74, 6) is -1.12. The molecule has 4 heteroatoms. The smallest absolute Gasteiger partial charge is 0.0458 e. The molecule has 0 fully saturated rings. The highest BCUT2D eigenvalue weighted by atomic mass is 35.5. The fourth-order valence-corrected chi connectivity index (χ4v) is 2.35. The lowest BCUT2D eigenvalue weighted by Crippen LogP contribution is -2.24. The number of carbonyl (C=O) groups excluding carboxylic acids is 1. The number of benzene rings is 2. The van der Waals surface area contributed by atoms with Gasteiger partial charge in [0.25, 0.3) is 0 Å². The zero-order chi connectivity index (χ0) is 13.1. The number of hydrogen-bond donors (Lipinski definition) is 0. The molecule has 2 aromatic rings. The van der Waals surface area contributed by atoms with Crippen LogP contribution < -0.4 is 5.11 Å². The van der Waals surface area contributed by atoms with Crippen molar-refractivity contribution in [1.29, 1.82) is 0 Å². The molecule has 0 N–H and O–H groups in total. The lowest BCUT2D eigenvalue weighted by Gasteiger charge is -2.11. The Bertz CT molecular complexity index is 574. The van der Waals surface area contributed by atoms with Crippen LogP contribution in [0.2, 0.25) is 10.0 Å². The molecule has 0 amide bonds. The molecular weight excluding hydrogens is 271 g/mol. The molecule has 0 bridgehead atoms. The van der Waals surface area contributed by atoms with E-state index in [9.17, 15) is 9.90 Å². The van der Waals surface area contributed by atoms with Gasteiger partial charge in [-0.1, -0.05) is 47.5 Å². The zero-order valence-corrected chi connectivity index (χ0v) is 10.8. The van der Waals surface area contributed by atoms with Crippen molar-refractivity contribution in [2.75, 3.05) is 0 Å². The lowest BCUT2D eigenvalue weighted by molar-refractivity contribution is -0.304. The minimum Gasteiger partial charge on any atom is -0.550 e.